The van der Waals surface area contributed by atoms with Crippen molar-refractivity contribution in [1.82, 2.24) is 10.2 Å². The van der Waals surface area contributed by atoms with Gasteiger partial charge in [0, 0.05) is 11.8 Å². The van der Waals surface area contributed by atoms with Crippen molar-refractivity contribution in [2.24, 2.45) is 0 Å². The van der Waals surface area contributed by atoms with Gasteiger partial charge in [-0.2, -0.15) is 0 Å². The molecule has 0 atom stereocenters. The first kappa shape index (κ1) is 18.1. The van der Waals surface area contributed by atoms with Crippen LogP contribution in [0, 0.1) is 0 Å². The predicted molar refractivity (Wildman–Crippen MR) is 105 cm³/mol. The van der Waals surface area contributed by atoms with Crippen LogP contribution in [0.3, 0.4) is 0 Å². The number of nitrogens with one attached hydrogen (secondary N) is 2. The van der Waals surface area contributed by atoms with E-state index >= 15 is 0 Å². The normalized spacial score (nSPS) is 12.6. The number of nitrogens with zero attached hydrogens (tertiary/aromatic N) is 2. The topological polar surface area (TPSA) is 102 Å². The molecule has 9 heteroatoms. The summed E-state index contributed by atoms with van der Waals surface area (Å²) >= 11 is 0. The zero-order valence-electron chi connectivity index (χ0n) is 15.0. The number of ether oxygens (including phenoxy) is 2. The van der Waals surface area contributed by atoms with Crippen LogP contribution in [0.1, 0.15) is 12.5 Å². The first-order valence-electron chi connectivity index (χ1n) is 8.66. The van der Waals surface area contributed by atoms with Gasteiger partial charge in [-0.25, -0.2) is 8.42 Å². The van der Waals surface area contributed by atoms with Gasteiger partial charge in [0.15, 0.2) is 23.1 Å². The number of benzene rings is 2. The molecular weight excluding hydrogens is 380 g/mol. The van der Waals surface area contributed by atoms with Crippen LogP contribution < -0.4 is 19.5 Å². The van der Waals surface area contributed by atoms with Crippen LogP contribution in [-0.4, -0.2) is 25.4 Å². The number of hydrogen-bond acceptors (Lipinski definition) is 7. The van der Waals surface area contributed by atoms with Gasteiger partial charge in [0.05, 0.1) is 4.90 Å². The van der Waals surface area contributed by atoms with Crippen molar-refractivity contribution in [3.8, 4) is 11.5 Å². The molecule has 0 unspecified atom stereocenters. The number of anilines is 3. The molecule has 0 bridgehead atoms. The highest BCUT2D eigenvalue weighted by molar-refractivity contribution is 7.92. The monoisotopic (exact) mass is 398 g/mol. The first-order valence-corrected chi connectivity index (χ1v) is 10.1. The third-order valence-electron chi connectivity index (χ3n) is 4.19. The van der Waals surface area contributed by atoms with Gasteiger partial charge in [-0.15, -0.1) is 10.2 Å². The fraction of sp³-hybridized carbons (Fsp3) is 0.158. The van der Waals surface area contributed by atoms with Crippen molar-refractivity contribution in [2.45, 2.75) is 18.2 Å². The van der Waals surface area contributed by atoms with Gasteiger partial charge in [0.25, 0.3) is 10.0 Å². The Bertz CT molecular complexity index is 1080. The lowest BCUT2D eigenvalue weighted by Gasteiger charge is -2.09. The Balaban J connectivity index is 1.45. The molecule has 28 heavy (non-hydrogen) atoms. The highest BCUT2D eigenvalue weighted by Crippen LogP contribution is 2.34. The maximum Gasteiger partial charge on any atom is 0.263 e. The molecule has 0 radical (unpaired) electrons. The minimum absolute atomic E-state index is 0.135. The summed E-state index contributed by atoms with van der Waals surface area (Å²) in [5, 5.41) is 11.0. The van der Waals surface area contributed by atoms with Crippen molar-refractivity contribution in [3.05, 3.63) is 60.2 Å². The molecule has 2 N–H and O–H groups in total. The quantitative estimate of drug-likeness (QED) is 0.657. The fourth-order valence-electron chi connectivity index (χ4n) is 2.68. The molecule has 1 aliphatic rings. The zero-order chi connectivity index (χ0) is 19.6. The van der Waals surface area contributed by atoms with Crippen LogP contribution in [0.5, 0.6) is 11.5 Å². The summed E-state index contributed by atoms with van der Waals surface area (Å²) < 4.78 is 38.0. The minimum Gasteiger partial charge on any atom is -0.454 e. The lowest BCUT2D eigenvalue weighted by Crippen LogP contribution is -2.14. The van der Waals surface area contributed by atoms with Gasteiger partial charge in [-0.05, 0) is 48.4 Å². The number of fused-ring (bicyclic) bond motifs is 1. The molecule has 2 heterocycles. The number of sulfonamides is 1. The van der Waals surface area contributed by atoms with E-state index in [1.807, 2.05) is 13.0 Å². The Hall–Kier alpha value is -3.33. The maximum atomic E-state index is 12.5. The van der Waals surface area contributed by atoms with Crippen molar-refractivity contribution >= 4 is 27.3 Å². The Kier molecular flexibility index (Phi) is 4.74. The first-order chi connectivity index (χ1) is 13.5. The van der Waals surface area contributed by atoms with Crippen LogP contribution in [0.2, 0.25) is 0 Å². The van der Waals surface area contributed by atoms with Crippen LogP contribution >= 0.6 is 0 Å². The van der Waals surface area contributed by atoms with E-state index in [0.717, 1.165) is 17.7 Å². The predicted octanol–water partition coefficient (Wildman–Crippen LogP) is 3.31. The van der Waals surface area contributed by atoms with Crippen molar-refractivity contribution in [3.63, 3.8) is 0 Å². The molecule has 8 nitrogen and oxygen atoms in total. The molecule has 1 aromatic heterocycles. The highest BCUT2D eigenvalue weighted by atomic mass is 32.2. The standard InChI is InChI=1S/C19H18N4O4S/c1-2-13-3-6-15(7-4-13)28(24,25)23-19-10-9-18(21-22-19)20-14-5-8-16-17(11-14)27-12-26-16/h3-11H,2,12H2,1H3,(H,20,21)(H,22,23). The third-order valence-corrected chi connectivity index (χ3v) is 5.56. The molecule has 3 aromatic rings. The SMILES string of the molecule is CCc1ccc(S(=O)(=O)Nc2ccc(Nc3ccc4c(c3)OCO4)nn2)cc1. The van der Waals surface area contributed by atoms with Gasteiger partial charge in [-0.1, -0.05) is 19.1 Å². The van der Waals surface area contributed by atoms with Crippen LogP contribution in [0.15, 0.2) is 59.5 Å². The van der Waals surface area contributed by atoms with Gasteiger partial charge < -0.3 is 14.8 Å². The molecule has 0 amide bonds. The zero-order valence-corrected chi connectivity index (χ0v) is 15.9. The molecule has 0 aliphatic carbocycles. The van der Waals surface area contributed by atoms with Crippen molar-refractivity contribution in [2.75, 3.05) is 16.8 Å². The second kappa shape index (κ2) is 7.35. The lowest BCUT2D eigenvalue weighted by atomic mass is 10.2. The fourth-order valence-corrected chi connectivity index (χ4v) is 3.67. The van der Waals surface area contributed by atoms with Crippen LogP contribution in [0.25, 0.3) is 0 Å². The van der Waals surface area contributed by atoms with Crippen LogP contribution in [-0.2, 0) is 16.4 Å². The Labute approximate surface area is 162 Å². The lowest BCUT2D eigenvalue weighted by molar-refractivity contribution is 0.174. The van der Waals surface area contributed by atoms with Gasteiger partial charge >= 0.3 is 0 Å². The average Bonchev–Trinajstić information content (AvgIpc) is 3.17. The van der Waals surface area contributed by atoms with E-state index in [4.69, 9.17) is 9.47 Å². The van der Waals surface area contributed by atoms with E-state index in [0.29, 0.717) is 17.3 Å². The van der Waals surface area contributed by atoms with E-state index in [1.54, 1.807) is 48.5 Å². The molecule has 2 aromatic carbocycles. The van der Waals surface area contributed by atoms with E-state index < -0.39 is 10.0 Å². The van der Waals surface area contributed by atoms with Gasteiger partial charge in [0.2, 0.25) is 6.79 Å². The van der Waals surface area contributed by atoms with Crippen LogP contribution in [0.4, 0.5) is 17.3 Å². The Morgan fingerprint density at radius 1 is 0.929 bits per heavy atom. The van der Waals surface area contributed by atoms with E-state index in [1.165, 1.54) is 0 Å². The third kappa shape index (κ3) is 3.84. The highest BCUT2D eigenvalue weighted by Gasteiger charge is 2.16. The number of hydrogen-bond donors (Lipinski definition) is 2. The van der Waals surface area contributed by atoms with Crippen molar-refractivity contribution in [1.29, 1.82) is 0 Å². The summed E-state index contributed by atoms with van der Waals surface area (Å²) in [6.07, 6.45) is 0.844. The Morgan fingerprint density at radius 2 is 1.64 bits per heavy atom. The number of aryl methyl sites for hydroxylation is 1. The molecule has 0 spiro atoms. The molecular formula is C19H18N4O4S. The second-order valence-electron chi connectivity index (χ2n) is 6.10. The number of aromatic nitrogens is 2. The Morgan fingerprint density at radius 3 is 2.36 bits per heavy atom. The molecule has 0 saturated heterocycles. The van der Waals surface area contributed by atoms with Crippen molar-refractivity contribution < 1.29 is 17.9 Å². The van der Waals surface area contributed by atoms with E-state index in [2.05, 4.69) is 20.2 Å². The largest absolute Gasteiger partial charge is 0.454 e. The summed E-state index contributed by atoms with van der Waals surface area (Å²) in [6.45, 7) is 2.21. The summed E-state index contributed by atoms with van der Waals surface area (Å²) in [7, 11) is -3.72. The number of rotatable bonds is 6. The summed E-state index contributed by atoms with van der Waals surface area (Å²) in [5.41, 5.74) is 1.82. The average molecular weight is 398 g/mol. The summed E-state index contributed by atoms with van der Waals surface area (Å²) in [5.74, 6) is 1.94. The molecule has 4 rings (SSSR count). The molecule has 144 valence electrons. The molecule has 0 saturated carbocycles. The minimum atomic E-state index is -3.72. The van der Waals surface area contributed by atoms with Gasteiger partial charge in [0.1, 0.15) is 0 Å². The molecule has 0 fully saturated rings. The van der Waals surface area contributed by atoms with Gasteiger partial charge in [-0.3, -0.25) is 4.72 Å². The molecule has 1 aliphatic heterocycles. The van der Waals surface area contributed by atoms with E-state index in [-0.39, 0.29) is 17.5 Å². The summed E-state index contributed by atoms with van der Waals surface area (Å²) in [4.78, 5) is 0.175. The summed E-state index contributed by atoms with van der Waals surface area (Å²) in [6, 6.07) is 15.3. The van der Waals surface area contributed by atoms with E-state index in [9.17, 15) is 8.42 Å². The maximum absolute atomic E-state index is 12.5. The second-order valence-corrected chi connectivity index (χ2v) is 7.78. The smallest absolute Gasteiger partial charge is 0.263 e.